The maximum atomic E-state index is 11.8. The number of carbonyl (C=O) groups excluding carboxylic acids is 2. The second kappa shape index (κ2) is 6.17. The van der Waals surface area contributed by atoms with E-state index in [9.17, 15) is 9.59 Å². The Morgan fingerprint density at radius 3 is 2.79 bits per heavy atom. The molecule has 0 radical (unpaired) electrons. The van der Waals surface area contributed by atoms with E-state index in [0.29, 0.717) is 13.0 Å². The predicted octanol–water partition coefficient (Wildman–Crippen LogP) is 0.605. The van der Waals surface area contributed by atoms with Gasteiger partial charge in [-0.1, -0.05) is 0 Å². The van der Waals surface area contributed by atoms with E-state index < -0.39 is 5.91 Å². The molecule has 1 aliphatic heterocycles. The number of nitrogens with zero attached hydrogens (tertiary/aromatic N) is 2. The summed E-state index contributed by atoms with van der Waals surface area (Å²) in [6.45, 7) is 2.29. The SMILES string of the molecule is NC(=O)c1cc(NCCC(=O)N2CCCC2)ccn1. The van der Waals surface area contributed by atoms with Crippen molar-refractivity contribution >= 4 is 17.5 Å². The van der Waals surface area contributed by atoms with Gasteiger partial charge in [0.05, 0.1) is 0 Å². The maximum Gasteiger partial charge on any atom is 0.267 e. The zero-order chi connectivity index (χ0) is 13.7. The van der Waals surface area contributed by atoms with Gasteiger partial charge >= 0.3 is 0 Å². The first-order chi connectivity index (χ1) is 9.16. The van der Waals surface area contributed by atoms with Gasteiger partial charge in [0.1, 0.15) is 5.69 Å². The largest absolute Gasteiger partial charge is 0.384 e. The van der Waals surface area contributed by atoms with Crippen LogP contribution < -0.4 is 11.1 Å². The molecule has 0 unspecified atom stereocenters. The number of pyridine rings is 1. The average molecular weight is 262 g/mol. The third-order valence-electron chi connectivity index (χ3n) is 3.14. The number of carbonyl (C=O) groups is 2. The Balaban J connectivity index is 1.80. The molecule has 0 bridgehead atoms. The minimum absolute atomic E-state index is 0.175. The first kappa shape index (κ1) is 13.3. The molecule has 2 heterocycles. The summed E-state index contributed by atoms with van der Waals surface area (Å²) in [7, 11) is 0. The number of nitrogens with one attached hydrogen (secondary N) is 1. The number of hydrogen-bond donors (Lipinski definition) is 2. The van der Waals surface area contributed by atoms with Gasteiger partial charge in [0.2, 0.25) is 5.91 Å². The van der Waals surface area contributed by atoms with Crippen molar-refractivity contribution in [1.82, 2.24) is 9.88 Å². The van der Waals surface area contributed by atoms with E-state index in [2.05, 4.69) is 10.3 Å². The molecule has 1 aromatic heterocycles. The molecule has 0 aliphatic carbocycles. The zero-order valence-electron chi connectivity index (χ0n) is 10.8. The summed E-state index contributed by atoms with van der Waals surface area (Å²) in [5, 5.41) is 3.10. The van der Waals surface area contributed by atoms with Gasteiger partial charge in [-0.3, -0.25) is 14.6 Å². The molecule has 1 aromatic rings. The van der Waals surface area contributed by atoms with Crippen LogP contribution >= 0.6 is 0 Å². The van der Waals surface area contributed by atoms with E-state index in [1.54, 1.807) is 12.1 Å². The van der Waals surface area contributed by atoms with Crippen molar-refractivity contribution in [3.05, 3.63) is 24.0 Å². The summed E-state index contributed by atoms with van der Waals surface area (Å²) < 4.78 is 0. The van der Waals surface area contributed by atoms with Gasteiger partial charge in [-0.2, -0.15) is 0 Å². The van der Waals surface area contributed by atoms with Crippen molar-refractivity contribution in [3.63, 3.8) is 0 Å². The molecule has 0 atom stereocenters. The highest BCUT2D eigenvalue weighted by Gasteiger charge is 2.16. The molecular weight excluding hydrogens is 244 g/mol. The molecule has 19 heavy (non-hydrogen) atoms. The highest BCUT2D eigenvalue weighted by molar-refractivity contribution is 5.91. The Bertz CT molecular complexity index is 469. The summed E-state index contributed by atoms with van der Waals surface area (Å²) in [4.78, 5) is 28.5. The van der Waals surface area contributed by atoms with Crippen LogP contribution in [0.25, 0.3) is 0 Å². The molecule has 1 saturated heterocycles. The molecule has 6 heteroatoms. The predicted molar refractivity (Wildman–Crippen MR) is 71.7 cm³/mol. The Kier molecular flexibility index (Phi) is 4.33. The maximum absolute atomic E-state index is 11.8. The van der Waals surface area contributed by atoms with Crippen molar-refractivity contribution in [1.29, 1.82) is 0 Å². The molecule has 2 amide bonds. The number of primary amides is 1. The van der Waals surface area contributed by atoms with E-state index in [1.165, 1.54) is 6.20 Å². The third kappa shape index (κ3) is 3.67. The standard InChI is InChI=1S/C13H18N4O2/c14-13(19)11-9-10(3-5-16-11)15-6-4-12(18)17-7-1-2-8-17/h3,5,9H,1-2,4,6-8H2,(H2,14,19)(H,15,16). The van der Waals surface area contributed by atoms with Crippen molar-refractivity contribution in [2.24, 2.45) is 5.73 Å². The smallest absolute Gasteiger partial charge is 0.267 e. The van der Waals surface area contributed by atoms with Crippen molar-refractivity contribution in [2.45, 2.75) is 19.3 Å². The molecular formula is C13H18N4O2. The first-order valence-corrected chi connectivity index (χ1v) is 6.44. The van der Waals surface area contributed by atoms with Gasteiger partial charge in [-0.25, -0.2) is 0 Å². The van der Waals surface area contributed by atoms with Crippen LogP contribution in [0.3, 0.4) is 0 Å². The second-order valence-electron chi connectivity index (χ2n) is 4.56. The fourth-order valence-electron chi connectivity index (χ4n) is 2.11. The molecule has 2 rings (SSSR count). The number of amides is 2. The van der Waals surface area contributed by atoms with Crippen LogP contribution in [-0.2, 0) is 4.79 Å². The van der Waals surface area contributed by atoms with Gasteiger partial charge in [-0.15, -0.1) is 0 Å². The second-order valence-corrected chi connectivity index (χ2v) is 4.56. The van der Waals surface area contributed by atoms with E-state index in [0.717, 1.165) is 31.6 Å². The molecule has 0 aromatic carbocycles. The lowest BCUT2D eigenvalue weighted by Crippen LogP contribution is -2.29. The van der Waals surface area contributed by atoms with Crippen LogP contribution in [0.4, 0.5) is 5.69 Å². The van der Waals surface area contributed by atoms with Crippen LogP contribution in [0.5, 0.6) is 0 Å². The van der Waals surface area contributed by atoms with Crippen LogP contribution in [0, 0.1) is 0 Å². The third-order valence-corrected chi connectivity index (χ3v) is 3.14. The average Bonchev–Trinajstić information content (AvgIpc) is 2.93. The van der Waals surface area contributed by atoms with Crippen molar-refractivity contribution in [2.75, 3.05) is 25.0 Å². The lowest BCUT2D eigenvalue weighted by Gasteiger charge is -2.15. The fourth-order valence-corrected chi connectivity index (χ4v) is 2.11. The minimum Gasteiger partial charge on any atom is -0.384 e. The molecule has 0 saturated carbocycles. The summed E-state index contributed by atoms with van der Waals surface area (Å²) in [6.07, 6.45) is 4.18. The summed E-state index contributed by atoms with van der Waals surface area (Å²) in [5.74, 6) is -0.383. The summed E-state index contributed by atoms with van der Waals surface area (Å²) in [5.41, 5.74) is 6.12. The van der Waals surface area contributed by atoms with Crippen LogP contribution in [0.1, 0.15) is 29.8 Å². The first-order valence-electron chi connectivity index (χ1n) is 6.44. The quantitative estimate of drug-likeness (QED) is 0.813. The van der Waals surface area contributed by atoms with E-state index in [1.807, 2.05) is 4.90 Å². The van der Waals surface area contributed by atoms with Gasteiger partial charge in [0.25, 0.3) is 5.91 Å². The Labute approximate surface area is 112 Å². The Morgan fingerprint density at radius 2 is 2.11 bits per heavy atom. The van der Waals surface area contributed by atoms with Crippen LogP contribution in [0.15, 0.2) is 18.3 Å². The fraction of sp³-hybridized carbons (Fsp3) is 0.462. The Morgan fingerprint density at radius 1 is 1.37 bits per heavy atom. The number of rotatable bonds is 5. The molecule has 1 aliphatic rings. The van der Waals surface area contributed by atoms with Crippen LogP contribution in [0.2, 0.25) is 0 Å². The van der Waals surface area contributed by atoms with E-state index in [4.69, 9.17) is 5.73 Å². The molecule has 3 N–H and O–H groups in total. The number of hydrogen-bond acceptors (Lipinski definition) is 4. The molecule has 102 valence electrons. The monoisotopic (exact) mass is 262 g/mol. The number of anilines is 1. The van der Waals surface area contributed by atoms with Gasteiger partial charge in [-0.05, 0) is 25.0 Å². The highest BCUT2D eigenvalue weighted by Crippen LogP contribution is 2.10. The molecule has 1 fully saturated rings. The van der Waals surface area contributed by atoms with Gasteiger partial charge < -0.3 is 16.0 Å². The molecule has 6 nitrogen and oxygen atoms in total. The highest BCUT2D eigenvalue weighted by atomic mass is 16.2. The Hall–Kier alpha value is -2.11. The van der Waals surface area contributed by atoms with Crippen molar-refractivity contribution < 1.29 is 9.59 Å². The minimum atomic E-state index is -0.559. The number of aromatic nitrogens is 1. The van der Waals surface area contributed by atoms with Gasteiger partial charge in [0.15, 0.2) is 0 Å². The number of likely N-dealkylation sites (tertiary alicyclic amines) is 1. The van der Waals surface area contributed by atoms with Crippen LogP contribution in [-0.4, -0.2) is 41.3 Å². The molecule has 0 spiro atoms. The lowest BCUT2D eigenvalue weighted by molar-refractivity contribution is -0.129. The van der Waals surface area contributed by atoms with Crippen molar-refractivity contribution in [3.8, 4) is 0 Å². The lowest BCUT2D eigenvalue weighted by atomic mass is 10.3. The summed E-state index contributed by atoms with van der Waals surface area (Å²) in [6, 6.07) is 3.33. The van der Waals surface area contributed by atoms with E-state index >= 15 is 0 Å². The normalized spacial score (nSPS) is 14.4. The zero-order valence-corrected chi connectivity index (χ0v) is 10.8. The van der Waals surface area contributed by atoms with E-state index in [-0.39, 0.29) is 11.6 Å². The summed E-state index contributed by atoms with van der Waals surface area (Å²) >= 11 is 0. The topological polar surface area (TPSA) is 88.3 Å². The van der Waals surface area contributed by atoms with Gasteiger partial charge in [0, 0.05) is 37.9 Å². The number of nitrogens with two attached hydrogens (primary N) is 1.